The minimum atomic E-state index is -0.901. The van der Waals surface area contributed by atoms with Crippen LogP contribution in [-0.4, -0.2) is 11.8 Å². The third-order valence-electron chi connectivity index (χ3n) is 4.65. The molecular formula is C23H18ClN2NaO5. The van der Waals surface area contributed by atoms with Crippen LogP contribution in [0.4, 0.5) is 0 Å². The Balaban J connectivity index is 0.00000289. The number of nitrogens with zero attached hydrogens (tertiary/aromatic N) is 2. The van der Waals surface area contributed by atoms with E-state index in [0.717, 1.165) is 27.0 Å². The van der Waals surface area contributed by atoms with Crippen molar-refractivity contribution in [2.75, 3.05) is 7.11 Å². The molecule has 0 fully saturated rings. The first-order chi connectivity index (χ1) is 15.0. The van der Waals surface area contributed by atoms with Crippen LogP contribution >= 0.6 is 11.6 Å². The van der Waals surface area contributed by atoms with E-state index in [2.05, 4.69) is 4.98 Å². The van der Waals surface area contributed by atoms with E-state index in [0.29, 0.717) is 23.1 Å². The van der Waals surface area contributed by atoms with E-state index in [1.807, 2.05) is 42.5 Å². The van der Waals surface area contributed by atoms with Crippen LogP contribution in [0.15, 0.2) is 80.8 Å². The Morgan fingerprint density at radius 2 is 1.75 bits per heavy atom. The van der Waals surface area contributed by atoms with Crippen molar-refractivity contribution in [3.05, 3.63) is 104 Å². The Hall–Kier alpha value is -2.71. The number of halogens is 1. The summed E-state index contributed by atoms with van der Waals surface area (Å²) in [5.74, 6) is 0.469. The van der Waals surface area contributed by atoms with E-state index in [-0.39, 0.29) is 36.1 Å². The maximum atomic E-state index is 11.5. The zero-order valence-electron chi connectivity index (χ0n) is 17.6. The largest absolute Gasteiger partial charge is 1.00 e. The molecule has 0 bridgehead atoms. The van der Waals surface area contributed by atoms with Crippen molar-refractivity contribution in [1.29, 1.82) is 0 Å². The number of rotatable bonds is 7. The molecule has 4 aromatic rings. The molecule has 0 aliphatic heterocycles. The smallest absolute Gasteiger partial charge is 0.496 e. The summed E-state index contributed by atoms with van der Waals surface area (Å²) >= 11 is 6.39. The molecule has 7 nitrogen and oxygen atoms in total. The van der Waals surface area contributed by atoms with Gasteiger partial charge in [0, 0.05) is 12.1 Å². The Morgan fingerprint density at radius 3 is 2.44 bits per heavy atom. The van der Waals surface area contributed by atoms with Gasteiger partial charge in [0.05, 0.1) is 12.1 Å². The van der Waals surface area contributed by atoms with Crippen LogP contribution in [0.3, 0.4) is 0 Å². The molecule has 0 unspecified atom stereocenters. The van der Waals surface area contributed by atoms with Gasteiger partial charge in [0.25, 0.3) is 0 Å². The number of hydrogen-bond donors (Lipinski definition) is 0. The number of aromatic nitrogens is 2. The van der Waals surface area contributed by atoms with E-state index in [1.165, 1.54) is 0 Å². The van der Waals surface area contributed by atoms with Crippen LogP contribution in [-0.2, 0) is 13.2 Å². The van der Waals surface area contributed by atoms with Crippen molar-refractivity contribution < 1.29 is 43.6 Å². The summed E-state index contributed by atoms with van der Waals surface area (Å²) in [6.07, 6.45) is 0. The van der Waals surface area contributed by atoms with Crippen LogP contribution in [0.2, 0.25) is 5.02 Å². The number of ether oxygens (including phenoxy) is 2. The quantitative estimate of drug-likeness (QED) is 0.378. The summed E-state index contributed by atoms with van der Waals surface area (Å²) in [6.45, 7) is 0.483. The number of benzene rings is 3. The van der Waals surface area contributed by atoms with Gasteiger partial charge >= 0.3 is 35.3 Å². The summed E-state index contributed by atoms with van der Waals surface area (Å²) in [4.78, 5) is 25.7. The first kappa shape index (κ1) is 23.9. The third-order valence-corrected chi connectivity index (χ3v) is 4.97. The summed E-state index contributed by atoms with van der Waals surface area (Å²) in [5, 5.41) is 0.614. The molecule has 158 valence electrons. The summed E-state index contributed by atoms with van der Waals surface area (Å²) in [5.41, 5.74) is 2.81. The summed E-state index contributed by atoms with van der Waals surface area (Å²) < 4.78 is 17.0. The van der Waals surface area contributed by atoms with E-state index >= 15 is 0 Å². The van der Waals surface area contributed by atoms with Gasteiger partial charge < -0.3 is 19.0 Å². The van der Waals surface area contributed by atoms with Crippen LogP contribution in [0, 0.1) is 0 Å². The van der Waals surface area contributed by atoms with Gasteiger partial charge in [0.2, 0.25) is 0 Å². The van der Waals surface area contributed by atoms with E-state index in [1.54, 1.807) is 31.4 Å². The van der Waals surface area contributed by atoms with Crippen molar-refractivity contribution in [3.63, 3.8) is 0 Å². The maximum Gasteiger partial charge on any atom is 1.00 e. The Morgan fingerprint density at radius 1 is 1.00 bits per heavy atom. The second-order valence-corrected chi connectivity index (χ2v) is 7.15. The second-order valence-electron chi connectivity index (χ2n) is 6.74. The number of hydrogen-bond acceptors (Lipinski definition) is 5. The average Bonchev–Trinajstić information content (AvgIpc) is 3.09. The predicted octanol–water partition coefficient (Wildman–Crippen LogP) is 0.719. The van der Waals surface area contributed by atoms with Crippen molar-refractivity contribution in [1.82, 2.24) is 9.72 Å². The molecule has 0 saturated carbocycles. The zero-order valence-corrected chi connectivity index (χ0v) is 20.3. The maximum absolute atomic E-state index is 11.5. The SMILES string of the molecule is COc1cccc(Cl)c1-c1cccc(COc2ccc(Cn3oc(=O)[n-]c3=O)cc2)c1.[Na+]. The minimum Gasteiger partial charge on any atom is -0.496 e. The van der Waals surface area contributed by atoms with Crippen molar-refractivity contribution in [3.8, 4) is 22.6 Å². The van der Waals surface area contributed by atoms with Crippen LogP contribution in [0.5, 0.6) is 11.5 Å². The molecule has 3 aromatic carbocycles. The molecule has 0 radical (unpaired) electrons. The predicted molar refractivity (Wildman–Crippen MR) is 116 cm³/mol. The first-order valence-electron chi connectivity index (χ1n) is 9.42. The summed E-state index contributed by atoms with van der Waals surface area (Å²) in [7, 11) is 1.62. The topological polar surface area (TPSA) is 84.8 Å². The molecule has 9 heteroatoms. The molecular weight excluding hydrogens is 443 g/mol. The van der Waals surface area contributed by atoms with Gasteiger partial charge in [0.1, 0.15) is 18.1 Å². The molecule has 32 heavy (non-hydrogen) atoms. The zero-order chi connectivity index (χ0) is 21.8. The molecule has 0 saturated heterocycles. The Kier molecular flexibility index (Phi) is 8.04. The molecule has 0 N–H and O–H groups in total. The summed E-state index contributed by atoms with van der Waals surface area (Å²) in [6, 6.07) is 20.6. The van der Waals surface area contributed by atoms with Crippen molar-refractivity contribution >= 4 is 11.6 Å². The monoisotopic (exact) mass is 460 g/mol. The van der Waals surface area contributed by atoms with E-state index in [4.69, 9.17) is 25.6 Å². The van der Waals surface area contributed by atoms with E-state index in [9.17, 15) is 9.59 Å². The first-order valence-corrected chi connectivity index (χ1v) is 9.80. The molecule has 1 aromatic heterocycles. The molecule has 0 aliphatic rings. The molecule has 0 atom stereocenters. The average molecular weight is 461 g/mol. The number of methoxy groups -OCH3 is 1. The van der Waals surface area contributed by atoms with Gasteiger partial charge in [-0.1, -0.05) is 48.0 Å². The van der Waals surface area contributed by atoms with Crippen LogP contribution in [0.25, 0.3) is 11.1 Å². The van der Waals surface area contributed by atoms with Crippen LogP contribution < -0.4 is 55.5 Å². The van der Waals surface area contributed by atoms with Crippen molar-refractivity contribution in [2.45, 2.75) is 13.2 Å². The minimum absolute atomic E-state index is 0. The fourth-order valence-corrected chi connectivity index (χ4v) is 3.46. The molecule has 0 amide bonds. The fraction of sp³-hybridized carbons (Fsp3) is 0.130. The van der Waals surface area contributed by atoms with Gasteiger partial charge in [-0.2, -0.15) is 0 Å². The van der Waals surface area contributed by atoms with Gasteiger partial charge in [0.15, 0.2) is 5.69 Å². The molecule has 4 rings (SSSR count). The second kappa shape index (κ2) is 10.7. The molecule has 0 aliphatic carbocycles. The standard InChI is InChI=1S/C23H19ClN2O5.Na/c1-29-20-7-3-6-19(24)21(20)17-5-2-4-16(12-17)14-30-18-10-8-15(9-11-18)13-26-22(27)25-23(28)31-26;/h2-12H,13-14H2,1H3,(H,25,27,28);/q;+1/p-1. The van der Waals surface area contributed by atoms with Crippen LogP contribution in [0.1, 0.15) is 11.1 Å². The third kappa shape index (κ3) is 5.55. The molecule has 1 heterocycles. The Labute approximate surface area is 210 Å². The fourth-order valence-electron chi connectivity index (χ4n) is 3.18. The van der Waals surface area contributed by atoms with Gasteiger partial charge in [-0.25, -0.2) is 4.79 Å². The van der Waals surface area contributed by atoms with Gasteiger partial charge in [-0.05, 0) is 47.0 Å². The Bertz CT molecular complexity index is 1310. The van der Waals surface area contributed by atoms with Gasteiger partial charge in [-0.15, -0.1) is 0 Å². The normalized spacial score (nSPS) is 10.4. The van der Waals surface area contributed by atoms with Crippen molar-refractivity contribution in [2.24, 2.45) is 0 Å². The molecule has 0 spiro atoms. The van der Waals surface area contributed by atoms with Gasteiger partial charge in [-0.3, -0.25) is 9.53 Å². The van der Waals surface area contributed by atoms with E-state index < -0.39 is 11.4 Å².